The van der Waals surface area contributed by atoms with Gasteiger partial charge in [-0.25, -0.2) is 0 Å². The Balaban J connectivity index is 2.15. The van der Waals surface area contributed by atoms with Crippen molar-refractivity contribution in [2.45, 2.75) is 26.2 Å². The molecule has 1 N–H and O–H groups in total. The highest BCUT2D eigenvalue weighted by Gasteiger charge is 2.32. The maximum atomic E-state index is 12.1. The minimum absolute atomic E-state index is 0.0388. The fraction of sp³-hybridized carbons (Fsp3) is 0.429. The molecule has 1 unspecified atom stereocenters. The van der Waals surface area contributed by atoms with E-state index in [-0.39, 0.29) is 24.2 Å². The largest absolute Gasteiger partial charge is 0.343 e. The van der Waals surface area contributed by atoms with E-state index in [1.54, 1.807) is 4.90 Å². The minimum Gasteiger partial charge on any atom is -0.343 e. The van der Waals surface area contributed by atoms with E-state index in [4.69, 9.17) is 0 Å². The highest BCUT2D eigenvalue weighted by molar-refractivity contribution is 6.04. The second-order valence-electron chi connectivity index (χ2n) is 4.40. The summed E-state index contributed by atoms with van der Waals surface area (Å²) in [5.74, 6) is -0.372. The molecule has 1 aliphatic rings. The molecular weight excluding hydrogens is 228 g/mol. The van der Waals surface area contributed by atoms with Crippen molar-refractivity contribution in [1.29, 1.82) is 0 Å². The molecule has 1 heterocycles. The molecule has 0 radical (unpaired) electrons. The van der Waals surface area contributed by atoms with Crippen LogP contribution in [0.25, 0.3) is 0 Å². The van der Waals surface area contributed by atoms with E-state index in [0.717, 1.165) is 11.3 Å². The van der Waals surface area contributed by atoms with Crippen LogP contribution in [0.4, 0.5) is 5.69 Å². The average molecular weight is 246 g/mol. The van der Waals surface area contributed by atoms with Gasteiger partial charge in [0.15, 0.2) is 0 Å². The molecule has 0 saturated carbocycles. The van der Waals surface area contributed by atoms with Crippen molar-refractivity contribution >= 4 is 17.5 Å². The van der Waals surface area contributed by atoms with Crippen molar-refractivity contribution in [2.24, 2.45) is 0 Å². The topological polar surface area (TPSA) is 49.4 Å². The van der Waals surface area contributed by atoms with Gasteiger partial charge in [0, 0.05) is 25.2 Å². The van der Waals surface area contributed by atoms with Crippen LogP contribution < -0.4 is 5.32 Å². The molecular formula is C14H18N2O2. The summed E-state index contributed by atoms with van der Waals surface area (Å²) >= 11 is 0. The van der Waals surface area contributed by atoms with E-state index >= 15 is 0 Å². The molecule has 0 saturated heterocycles. The highest BCUT2D eigenvalue weighted by atomic mass is 16.2. The van der Waals surface area contributed by atoms with E-state index < -0.39 is 0 Å². The summed E-state index contributed by atoms with van der Waals surface area (Å²) in [5, 5.41) is 2.82. The third-order valence-corrected chi connectivity index (χ3v) is 3.41. The summed E-state index contributed by atoms with van der Waals surface area (Å²) in [6.45, 7) is 5.27. The first-order valence-electron chi connectivity index (χ1n) is 6.35. The first kappa shape index (κ1) is 12.6. The van der Waals surface area contributed by atoms with Gasteiger partial charge in [-0.15, -0.1) is 0 Å². The van der Waals surface area contributed by atoms with Crippen molar-refractivity contribution < 1.29 is 9.59 Å². The van der Waals surface area contributed by atoms with Crippen LogP contribution in [0.5, 0.6) is 0 Å². The average Bonchev–Trinajstić information content (AvgIpc) is 2.68. The van der Waals surface area contributed by atoms with E-state index in [1.165, 1.54) is 0 Å². The van der Waals surface area contributed by atoms with E-state index in [1.807, 2.05) is 38.1 Å². The van der Waals surface area contributed by atoms with Gasteiger partial charge in [0.1, 0.15) is 0 Å². The lowest BCUT2D eigenvalue weighted by molar-refractivity contribution is -0.133. The Labute approximate surface area is 107 Å². The maximum Gasteiger partial charge on any atom is 0.232 e. The Morgan fingerprint density at radius 1 is 1.28 bits per heavy atom. The summed E-state index contributed by atoms with van der Waals surface area (Å²) < 4.78 is 0. The van der Waals surface area contributed by atoms with Crippen molar-refractivity contribution in [3.8, 4) is 0 Å². The molecule has 18 heavy (non-hydrogen) atoms. The third kappa shape index (κ3) is 2.23. The van der Waals surface area contributed by atoms with Crippen LogP contribution in [0.1, 0.15) is 31.7 Å². The van der Waals surface area contributed by atoms with Gasteiger partial charge in [0.25, 0.3) is 0 Å². The van der Waals surface area contributed by atoms with Gasteiger partial charge in [-0.1, -0.05) is 18.2 Å². The number of anilines is 1. The van der Waals surface area contributed by atoms with Gasteiger partial charge in [-0.3, -0.25) is 9.59 Å². The summed E-state index contributed by atoms with van der Waals surface area (Å²) in [6.07, 6.45) is 0.254. The monoisotopic (exact) mass is 246 g/mol. The first-order chi connectivity index (χ1) is 8.67. The number of carbonyl (C=O) groups is 2. The van der Waals surface area contributed by atoms with Crippen molar-refractivity contribution in [3.63, 3.8) is 0 Å². The SMILES string of the molecule is CCN(CC)C(=O)CC1C(=O)Nc2ccccc21. The molecule has 1 atom stereocenters. The van der Waals surface area contributed by atoms with Crippen LogP contribution in [0.3, 0.4) is 0 Å². The van der Waals surface area contributed by atoms with Gasteiger partial charge in [-0.05, 0) is 25.5 Å². The summed E-state index contributed by atoms with van der Waals surface area (Å²) in [5.41, 5.74) is 1.77. The molecule has 1 aliphatic heterocycles. The molecule has 2 rings (SSSR count). The molecule has 2 amide bonds. The smallest absolute Gasteiger partial charge is 0.232 e. The predicted molar refractivity (Wildman–Crippen MR) is 70.4 cm³/mol. The second-order valence-corrected chi connectivity index (χ2v) is 4.40. The Morgan fingerprint density at radius 2 is 1.94 bits per heavy atom. The number of rotatable bonds is 4. The molecule has 0 aromatic heterocycles. The lowest BCUT2D eigenvalue weighted by Gasteiger charge is -2.20. The standard InChI is InChI=1S/C14H18N2O2/c1-3-16(4-2)13(17)9-11-10-7-5-6-8-12(10)15-14(11)18/h5-8,11H,3-4,9H2,1-2H3,(H,15,18). The number of hydrogen-bond acceptors (Lipinski definition) is 2. The summed E-state index contributed by atoms with van der Waals surface area (Å²) in [4.78, 5) is 25.7. The Kier molecular flexibility index (Phi) is 3.65. The maximum absolute atomic E-state index is 12.1. The summed E-state index contributed by atoms with van der Waals surface area (Å²) in [7, 11) is 0. The van der Waals surface area contributed by atoms with E-state index in [0.29, 0.717) is 13.1 Å². The van der Waals surface area contributed by atoms with Gasteiger partial charge in [0.2, 0.25) is 11.8 Å². The third-order valence-electron chi connectivity index (χ3n) is 3.41. The number of carbonyl (C=O) groups excluding carboxylic acids is 2. The van der Waals surface area contributed by atoms with E-state index in [2.05, 4.69) is 5.32 Å². The number of hydrogen-bond donors (Lipinski definition) is 1. The van der Waals surface area contributed by atoms with Crippen LogP contribution in [0.2, 0.25) is 0 Å². The van der Waals surface area contributed by atoms with Crippen molar-refractivity contribution in [1.82, 2.24) is 4.90 Å². The number of amides is 2. The van der Waals surface area contributed by atoms with Crippen molar-refractivity contribution in [3.05, 3.63) is 29.8 Å². The predicted octanol–water partition coefficient (Wildman–Crippen LogP) is 1.98. The van der Waals surface area contributed by atoms with Crippen LogP contribution in [-0.4, -0.2) is 29.8 Å². The lowest BCUT2D eigenvalue weighted by atomic mass is 9.96. The molecule has 4 heteroatoms. The zero-order valence-corrected chi connectivity index (χ0v) is 10.8. The van der Waals surface area contributed by atoms with E-state index in [9.17, 15) is 9.59 Å². The van der Waals surface area contributed by atoms with Gasteiger partial charge in [-0.2, -0.15) is 0 Å². The minimum atomic E-state index is -0.339. The Morgan fingerprint density at radius 3 is 2.61 bits per heavy atom. The molecule has 96 valence electrons. The molecule has 0 bridgehead atoms. The summed E-state index contributed by atoms with van der Waals surface area (Å²) in [6, 6.07) is 7.56. The van der Waals surface area contributed by atoms with Gasteiger partial charge in [0.05, 0.1) is 5.92 Å². The zero-order chi connectivity index (χ0) is 13.1. The van der Waals surface area contributed by atoms with Crippen LogP contribution in [-0.2, 0) is 9.59 Å². The number of fused-ring (bicyclic) bond motifs is 1. The highest BCUT2D eigenvalue weighted by Crippen LogP contribution is 2.34. The lowest BCUT2D eigenvalue weighted by Crippen LogP contribution is -2.32. The Bertz CT molecular complexity index is 467. The van der Waals surface area contributed by atoms with Crippen molar-refractivity contribution in [2.75, 3.05) is 18.4 Å². The zero-order valence-electron chi connectivity index (χ0n) is 10.8. The Hall–Kier alpha value is -1.84. The molecule has 1 aromatic carbocycles. The van der Waals surface area contributed by atoms with Gasteiger partial charge >= 0.3 is 0 Å². The number of nitrogens with zero attached hydrogens (tertiary/aromatic N) is 1. The van der Waals surface area contributed by atoms with Gasteiger partial charge < -0.3 is 10.2 Å². The number of benzene rings is 1. The first-order valence-corrected chi connectivity index (χ1v) is 6.35. The second kappa shape index (κ2) is 5.21. The fourth-order valence-corrected chi connectivity index (χ4v) is 2.36. The normalized spacial score (nSPS) is 17.2. The number of nitrogens with one attached hydrogen (secondary N) is 1. The molecule has 1 aromatic rings. The van der Waals surface area contributed by atoms with Crippen LogP contribution in [0.15, 0.2) is 24.3 Å². The molecule has 0 fully saturated rings. The molecule has 4 nitrogen and oxygen atoms in total. The molecule has 0 aliphatic carbocycles. The number of para-hydroxylation sites is 1. The van der Waals surface area contributed by atoms with Crippen LogP contribution in [0, 0.1) is 0 Å². The molecule has 0 spiro atoms. The van der Waals surface area contributed by atoms with Crippen LogP contribution >= 0.6 is 0 Å². The quantitative estimate of drug-likeness (QED) is 0.883. The fourth-order valence-electron chi connectivity index (χ4n) is 2.36.